The minimum absolute atomic E-state index is 0.0891. The van der Waals surface area contributed by atoms with Crippen molar-refractivity contribution in [3.8, 4) is 11.5 Å². The molecule has 0 aromatic carbocycles. The Kier molecular flexibility index (Phi) is 4.14. The molecule has 1 aliphatic rings. The third-order valence-electron chi connectivity index (χ3n) is 4.52. The number of nitrogens with zero attached hydrogens (tertiary/aromatic N) is 2. The Bertz CT molecular complexity index is 749. The molecule has 1 saturated carbocycles. The van der Waals surface area contributed by atoms with Crippen molar-refractivity contribution >= 4 is 6.47 Å². The van der Waals surface area contributed by atoms with E-state index in [0.29, 0.717) is 6.54 Å². The topological polar surface area (TPSA) is 81.4 Å². The van der Waals surface area contributed by atoms with Crippen LogP contribution in [0.2, 0.25) is 0 Å². The van der Waals surface area contributed by atoms with E-state index in [2.05, 4.69) is 15.8 Å². The lowest BCUT2D eigenvalue weighted by molar-refractivity contribution is -0.120. The second-order valence-electron chi connectivity index (χ2n) is 5.95. The maximum absolute atomic E-state index is 11.7. The maximum atomic E-state index is 11.7. The minimum Gasteiger partial charge on any atom is -0.503 e. The predicted octanol–water partition coefficient (Wildman–Crippen LogP) is 2.00. The summed E-state index contributed by atoms with van der Waals surface area (Å²) in [4.78, 5) is 26.5. The second kappa shape index (κ2) is 6.24. The first-order valence-corrected chi connectivity index (χ1v) is 7.58. The highest BCUT2D eigenvalue weighted by molar-refractivity contribution is 5.45. The van der Waals surface area contributed by atoms with Gasteiger partial charge >= 0.3 is 0 Å². The average molecular weight is 314 g/mol. The molecule has 3 rings (SSSR count). The van der Waals surface area contributed by atoms with Crippen molar-refractivity contribution in [2.75, 3.05) is 0 Å². The summed E-state index contributed by atoms with van der Waals surface area (Å²) in [5, 5.41) is 9.79. The zero-order valence-corrected chi connectivity index (χ0v) is 12.6. The summed E-state index contributed by atoms with van der Waals surface area (Å²) in [7, 11) is 0. The van der Waals surface area contributed by atoms with E-state index >= 15 is 0 Å². The van der Waals surface area contributed by atoms with Gasteiger partial charge in [-0.25, -0.2) is 0 Å². The van der Waals surface area contributed by atoms with Gasteiger partial charge in [-0.15, -0.1) is 0 Å². The molecule has 2 aromatic rings. The normalized spacial score (nSPS) is 16.2. The van der Waals surface area contributed by atoms with Crippen LogP contribution in [0.1, 0.15) is 31.2 Å². The Morgan fingerprint density at radius 1 is 1.35 bits per heavy atom. The fourth-order valence-corrected chi connectivity index (χ4v) is 3.43. The number of hydrogen-bond acceptors (Lipinski definition) is 5. The van der Waals surface area contributed by atoms with Gasteiger partial charge < -0.3 is 14.4 Å². The van der Waals surface area contributed by atoms with E-state index in [1.54, 1.807) is 10.8 Å². The molecular weight excluding hydrogens is 296 g/mol. The molecule has 0 bridgehead atoms. The van der Waals surface area contributed by atoms with Crippen LogP contribution in [0.15, 0.2) is 41.7 Å². The Morgan fingerprint density at radius 2 is 2.13 bits per heavy atom. The fourth-order valence-electron chi connectivity index (χ4n) is 3.43. The van der Waals surface area contributed by atoms with E-state index in [4.69, 9.17) is 0 Å². The summed E-state index contributed by atoms with van der Waals surface area (Å²) >= 11 is 0. The molecule has 0 spiro atoms. The first kappa shape index (κ1) is 15.3. The Hall–Kier alpha value is -2.63. The lowest BCUT2D eigenvalue weighted by Crippen LogP contribution is -2.29. The molecule has 0 radical (unpaired) electrons. The summed E-state index contributed by atoms with van der Waals surface area (Å²) < 4.78 is 6.39. The van der Waals surface area contributed by atoms with E-state index in [-0.39, 0.29) is 17.6 Å². The SMILES string of the molecule is O=COc1cn(CC2(c3cccnc3)CCCC2)cc(O)c1=O. The fraction of sp³-hybridized carbons (Fsp3) is 0.353. The van der Waals surface area contributed by atoms with Crippen LogP contribution in [-0.2, 0) is 16.8 Å². The van der Waals surface area contributed by atoms with Gasteiger partial charge in [-0.1, -0.05) is 18.9 Å². The van der Waals surface area contributed by atoms with Crippen molar-refractivity contribution in [3.63, 3.8) is 0 Å². The third-order valence-corrected chi connectivity index (χ3v) is 4.52. The van der Waals surface area contributed by atoms with Crippen LogP contribution >= 0.6 is 0 Å². The number of hydrogen-bond donors (Lipinski definition) is 1. The van der Waals surface area contributed by atoms with Gasteiger partial charge in [0.25, 0.3) is 11.9 Å². The lowest BCUT2D eigenvalue weighted by Gasteiger charge is -2.30. The molecule has 1 aliphatic carbocycles. The van der Waals surface area contributed by atoms with Gasteiger partial charge in [0, 0.05) is 24.4 Å². The zero-order chi connectivity index (χ0) is 16.3. The van der Waals surface area contributed by atoms with Crippen molar-refractivity contribution in [1.82, 2.24) is 9.55 Å². The summed E-state index contributed by atoms with van der Waals surface area (Å²) in [6.07, 6.45) is 10.7. The van der Waals surface area contributed by atoms with E-state index in [1.807, 2.05) is 12.3 Å². The molecule has 23 heavy (non-hydrogen) atoms. The monoisotopic (exact) mass is 314 g/mol. The van der Waals surface area contributed by atoms with Gasteiger partial charge in [0.2, 0.25) is 0 Å². The van der Waals surface area contributed by atoms with Crippen molar-refractivity contribution in [3.05, 3.63) is 52.7 Å². The molecular formula is C17H18N2O4. The highest BCUT2D eigenvalue weighted by Crippen LogP contribution is 2.42. The van der Waals surface area contributed by atoms with Crippen molar-refractivity contribution in [2.24, 2.45) is 0 Å². The molecule has 0 saturated heterocycles. The highest BCUT2D eigenvalue weighted by Gasteiger charge is 2.36. The van der Waals surface area contributed by atoms with Crippen LogP contribution in [0.4, 0.5) is 0 Å². The number of ether oxygens (including phenoxy) is 1. The number of aromatic nitrogens is 2. The molecule has 6 heteroatoms. The van der Waals surface area contributed by atoms with Crippen LogP contribution < -0.4 is 10.2 Å². The van der Waals surface area contributed by atoms with E-state index in [1.165, 1.54) is 12.4 Å². The van der Waals surface area contributed by atoms with Crippen LogP contribution in [0.3, 0.4) is 0 Å². The first-order valence-electron chi connectivity index (χ1n) is 7.58. The number of rotatable bonds is 5. The van der Waals surface area contributed by atoms with Crippen molar-refractivity contribution < 1.29 is 14.6 Å². The summed E-state index contributed by atoms with van der Waals surface area (Å²) in [5.41, 5.74) is 0.373. The Balaban J connectivity index is 1.99. The van der Waals surface area contributed by atoms with Crippen LogP contribution in [-0.4, -0.2) is 21.1 Å². The van der Waals surface area contributed by atoms with Crippen molar-refractivity contribution in [1.29, 1.82) is 0 Å². The number of carbonyl (C=O) groups is 1. The molecule has 6 nitrogen and oxygen atoms in total. The molecule has 120 valence electrons. The highest BCUT2D eigenvalue weighted by atomic mass is 16.5. The quantitative estimate of drug-likeness (QED) is 0.854. The molecule has 0 amide bonds. The van der Waals surface area contributed by atoms with Crippen LogP contribution in [0.5, 0.6) is 11.5 Å². The second-order valence-corrected chi connectivity index (χ2v) is 5.95. The number of pyridine rings is 2. The molecule has 0 atom stereocenters. The standard InChI is InChI=1S/C17H18N2O4/c20-12-23-15-10-19(9-14(21)16(15)22)11-17(5-1-2-6-17)13-4-3-7-18-8-13/h3-4,7-10,12,21H,1-2,5-6,11H2. The number of carbonyl (C=O) groups excluding carboxylic acids is 1. The largest absolute Gasteiger partial charge is 0.503 e. The van der Waals surface area contributed by atoms with Gasteiger partial charge in [0.15, 0.2) is 11.5 Å². The molecule has 1 fully saturated rings. The average Bonchev–Trinajstić information content (AvgIpc) is 3.03. The Labute approximate surface area is 133 Å². The summed E-state index contributed by atoms with van der Waals surface area (Å²) in [6.45, 7) is 0.773. The van der Waals surface area contributed by atoms with Gasteiger partial charge in [-0.2, -0.15) is 0 Å². The van der Waals surface area contributed by atoms with Gasteiger partial charge in [-0.05, 0) is 24.5 Å². The smallest absolute Gasteiger partial charge is 0.298 e. The third kappa shape index (κ3) is 2.97. The van der Waals surface area contributed by atoms with Gasteiger partial charge in [-0.3, -0.25) is 14.6 Å². The van der Waals surface area contributed by atoms with Gasteiger partial charge in [0.1, 0.15) is 0 Å². The lowest BCUT2D eigenvalue weighted by atomic mass is 9.79. The maximum Gasteiger partial charge on any atom is 0.298 e. The molecule has 0 aliphatic heterocycles. The molecule has 2 aromatic heterocycles. The molecule has 1 N–H and O–H groups in total. The minimum atomic E-state index is -0.685. The van der Waals surface area contributed by atoms with Gasteiger partial charge in [0.05, 0.1) is 12.4 Å². The number of aromatic hydroxyl groups is 1. The van der Waals surface area contributed by atoms with Crippen molar-refractivity contribution in [2.45, 2.75) is 37.6 Å². The molecule has 0 unspecified atom stereocenters. The molecule has 2 heterocycles. The van der Waals surface area contributed by atoms with E-state index < -0.39 is 11.2 Å². The van der Waals surface area contributed by atoms with E-state index in [9.17, 15) is 14.7 Å². The summed E-state index contributed by atoms with van der Waals surface area (Å²) in [6, 6.07) is 3.97. The Morgan fingerprint density at radius 3 is 2.78 bits per heavy atom. The van der Waals surface area contributed by atoms with E-state index in [0.717, 1.165) is 31.2 Å². The van der Waals surface area contributed by atoms with Crippen LogP contribution in [0.25, 0.3) is 0 Å². The predicted molar refractivity (Wildman–Crippen MR) is 83.4 cm³/mol. The first-order chi connectivity index (χ1) is 11.1. The zero-order valence-electron chi connectivity index (χ0n) is 12.6. The summed E-state index contributed by atoms with van der Waals surface area (Å²) in [5.74, 6) is -0.594. The van der Waals surface area contributed by atoms with Crippen LogP contribution in [0, 0.1) is 0 Å².